The quantitative estimate of drug-likeness (QED) is 0.719. The number of ether oxygens (including phenoxy) is 2. The maximum Gasteiger partial charge on any atom is 0.339 e. The smallest absolute Gasteiger partial charge is 0.339 e. The van der Waals surface area contributed by atoms with Crippen LogP contribution >= 0.6 is 0 Å². The van der Waals surface area contributed by atoms with E-state index in [-0.39, 0.29) is 18.0 Å². The monoisotopic (exact) mass is 333 g/mol. The minimum atomic E-state index is -1.06. The number of carboxylic acids is 1. The number of carboxylic acid groups (broad SMARTS) is 1. The second-order valence-electron chi connectivity index (χ2n) is 5.04. The van der Waals surface area contributed by atoms with Crippen LogP contribution in [0.2, 0.25) is 0 Å². The molecule has 1 aromatic carbocycles. The number of hydrogen-bond acceptors (Lipinski definition) is 5. The Bertz CT molecular complexity index is 704. The molecule has 0 aliphatic rings. The first-order valence-corrected chi connectivity index (χ1v) is 7.34. The van der Waals surface area contributed by atoms with E-state index >= 15 is 0 Å². The van der Waals surface area contributed by atoms with Gasteiger partial charge in [-0.3, -0.25) is 4.79 Å². The van der Waals surface area contributed by atoms with Gasteiger partial charge in [0.05, 0.1) is 13.2 Å². The van der Waals surface area contributed by atoms with E-state index in [1.165, 1.54) is 6.07 Å². The van der Waals surface area contributed by atoms with Gasteiger partial charge in [-0.15, -0.1) is 0 Å². The van der Waals surface area contributed by atoms with Crippen LogP contribution < -0.4 is 10.1 Å². The van der Waals surface area contributed by atoms with Gasteiger partial charge in [-0.25, -0.2) is 4.79 Å². The van der Waals surface area contributed by atoms with Crippen LogP contribution in [0.1, 0.15) is 32.2 Å². The molecule has 0 unspecified atom stereocenters. The highest BCUT2D eigenvalue weighted by Gasteiger charge is 2.14. The van der Waals surface area contributed by atoms with Crippen molar-refractivity contribution in [3.63, 3.8) is 0 Å². The molecule has 0 spiro atoms. The molecule has 1 aromatic heterocycles. The van der Waals surface area contributed by atoms with Gasteiger partial charge in [-0.05, 0) is 37.3 Å². The summed E-state index contributed by atoms with van der Waals surface area (Å²) in [5.74, 6) is 0.000644. The van der Waals surface area contributed by atoms with E-state index < -0.39 is 5.97 Å². The average molecular weight is 333 g/mol. The number of nitrogens with one attached hydrogen (secondary N) is 1. The molecule has 0 saturated heterocycles. The van der Waals surface area contributed by atoms with E-state index in [4.69, 9.17) is 19.0 Å². The van der Waals surface area contributed by atoms with Crippen LogP contribution in [0, 0.1) is 6.92 Å². The minimum Gasteiger partial charge on any atom is -0.491 e. The summed E-state index contributed by atoms with van der Waals surface area (Å²) in [5.41, 5.74) is 0.563. The molecule has 0 saturated carbocycles. The van der Waals surface area contributed by atoms with Gasteiger partial charge in [0.2, 0.25) is 0 Å². The Balaban J connectivity index is 1.90. The molecule has 0 aliphatic carbocycles. The van der Waals surface area contributed by atoms with Gasteiger partial charge >= 0.3 is 5.97 Å². The van der Waals surface area contributed by atoms with Gasteiger partial charge in [0.15, 0.2) is 0 Å². The van der Waals surface area contributed by atoms with Gasteiger partial charge in [-0.1, -0.05) is 0 Å². The SMILES string of the molecule is COCCOc1ccc(C(=O)NCc2cc(C(=O)O)c(C)o2)cc1. The van der Waals surface area contributed by atoms with Crippen molar-refractivity contribution in [2.75, 3.05) is 20.3 Å². The molecule has 1 heterocycles. The zero-order valence-corrected chi connectivity index (χ0v) is 13.5. The van der Waals surface area contributed by atoms with E-state index in [0.717, 1.165) is 0 Å². The van der Waals surface area contributed by atoms with Crippen LogP contribution in [0.3, 0.4) is 0 Å². The highest BCUT2D eigenvalue weighted by molar-refractivity contribution is 5.94. The van der Waals surface area contributed by atoms with Crippen molar-refractivity contribution in [2.45, 2.75) is 13.5 Å². The molecule has 0 atom stereocenters. The second kappa shape index (κ2) is 8.16. The average Bonchev–Trinajstić information content (AvgIpc) is 2.95. The van der Waals surface area contributed by atoms with Gasteiger partial charge in [0.1, 0.15) is 29.4 Å². The van der Waals surface area contributed by atoms with E-state index in [1.54, 1.807) is 38.3 Å². The lowest BCUT2D eigenvalue weighted by molar-refractivity contribution is 0.0694. The van der Waals surface area contributed by atoms with Crippen LogP contribution in [0.5, 0.6) is 5.75 Å². The minimum absolute atomic E-state index is 0.0943. The summed E-state index contributed by atoms with van der Waals surface area (Å²) < 4.78 is 15.6. The summed E-state index contributed by atoms with van der Waals surface area (Å²) >= 11 is 0. The largest absolute Gasteiger partial charge is 0.491 e. The predicted molar refractivity (Wildman–Crippen MR) is 85.4 cm³/mol. The molecule has 128 valence electrons. The first-order valence-electron chi connectivity index (χ1n) is 7.34. The normalized spacial score (nSPS) is 10.4. The Morgan fingerprint density at radius 3 is 2.50 bits per heavy atom. The lowest BCUT2D eigenvalue weighted by Crippen LogP contribution is -2.22. The van der Waals surface area contributed by atoms with Gasteiger partial charge < -0.3 is 24.3 Å². The molecular formula is C17H19NO6. The number of aromatic carboxylic acids is 1. The fourth-order valence-electron chi connectivity index (χ4n) is 2.06. The van der Waals surface area contributed by atoms with Gasteiger partial charge in [0.25, 0.3) is 5.91 Å². The number of rotatable bonds is 8. The molecule has 7 nitrogen and oxygen atoms in total. The highest BCUT2D eigenvalue weighted by atomic mass is 16.5. The molecule has 0 bridgehead atoms. The zero-order valence-electron chi connectivity index (χ0n) is 13.5. The summed E-state index contributed by atoms with van der Waals surface area (Å²) in [6.07, 6.45) is 0. The molecule has 0 aliphatic heterocycles. The molecule has 0 fully saturated rings. The number of carbonyl (C=O) groups is 2. The summed E-state index contributed by atoms with van der Waals surface area (Å²) in [6, 6.07) is 8.10. The van der Waals surface area contributed by atoms with Crippen LogP contribution in [0.4, 0.5) is 0 Å². The summed E-state index contributed by atoms with van der Waals surface area (Å²) in [7, 11) is 1.59. The van der Waals surface area contributed by atoms with Crippen molar-refractivity contribution in [3.05, 3.63) is 53.0 Å². The third kappa shape index (κ3) is 4.60. The fraction of sp³-hybridized carbons (Fsp3) is 0.294. The fourth-order valence-corrected chi connectivity index (χ4v) is 2.06. The van der Waals surface area contributed by atoms with Crippen molar-refractivity contribution >= 4 is 11.9 Å². The van der Waals surface area contributed by atoms with Crippen molar-refractivity contribution in [3.8, 4) is 5.75 Å². The molecule has 2 rings (SSSR count). The van der Waals surface area contributed by atoms with Crippen LogP contribution in [0.25, 0.3) is 0 Å². The standard InChI is InChI=1S/C17H19NO6/c1-11-15(17(20)21)9-14(24-11)10-18-16(19)12-3-5-13(6-4-12)23-8-7-22-2/h3-6,9H,7-8,10H2,1-2H3,(H,18,19)(H,20,21). The van der Waals surface area contributed by atoms with E-state index in [0.29, 0.717) is 36.0 Å². The molecule has 7 heteroatoms. The maximum atomic E-state index is 12.1. The first-order chi connectivity index (χ1) is 11.5. The molecular weight excluding hydrogens is 314 g/mol. The Labute approximate surface area is 139 Å². The number of amides is 1. The van der Waals surface area contributed by atoms with Gasteiger partial charge in [0, 0.05) is 12.7 Å². The number of carbonyl (C=O) groups excluding carboxylic acids is 1. The molecule has 2 aromatic rings. The third-order valence-electron chi connectivity index (χ3n) is 3.30. The zero-order chi connectivity index (χ0) is 17.5. The maximum absolute atomic E-state index is 12.1. The highest BCUT2D eigenvalue weighted by Crippen LogP contribution is 2.15. The molecule has 0 radical (unpaired) electrons. The van der Waals surface area contributed by atoms with Crippen LogP contribution in [-0.2, 0) is 11.3 Å². The lowest BCUT2D eigenvalue weighted by Gasteiger charge is -2.07. The number of methoxy groups -OCH3 is 1. The summed E-state index contributed by atoms with van der Waals surface area (Å²) in [5, 5.41) is 11.7. The van der Waals surface area contributed by atoms with Gasteiger partial charge in [-0.2, -0.15) is 0 Å². The summed E-state index contributed by atoms with van der Waals surface area (Å²) in [4.78, 5) is 23.0. The number of benzene rings is 1. The van der Waals surface area contributed by atoms with E-state index in [2.05, 4.69) is 5.32 Å². The molecule has 1 amide bonds. The van der Waals surface area contributed by atoms with Crippen LogP contribution in [0.15, 0.2) is 34.7 Å². The Morgan fingerprint density at radius 1 is 1.21 bits per heavy atom. The van der Waals surface area contributed by atoms with E-state index in [9.17, 15) is 9.59 Å². The number of hydrogen-bond donors (Lipinski definition) is 2. The van der Waals surface area contributed by atoms with Crippen molar-refractivity contribution in [1.29, 1.82) is 0 Å². The Hall–Kier alpha value is -2.80. The van der Waals surface area contributed by atoms with E-state index in [1.807, 2.05) is 0 Å². The Morgan fingerprint density at radius 2 is 1.92 bits per heavy atom. The third-order valence-corrected chi connectivity index (χ3v) is 3.30. The number of aryl methyl sites for hydroxylation is 1. The topological polar surface area (TPSA) is 98.0 Å². The predicted octanol–water partition coefficient (Wildman–Crippen LogP) is 2.24. The lowest BCUT2D eigenvalue weighted by atomic mass is 10.2. The summed E-state index contributed by atoms with van der Waals surface area (Å²) in [6.45, 7) is 2.60. The molecule has 24 heavy (non-hydrogen) atoms. The van der Waals surface area contributed by atoms with Crippen LogP contribution in [-0.4, -0.2) is 37.3 Å². The van der Waals surface area contributed by atoms with Crippen molar-refractivity contribution in [2.24, 2.45) is 0 Å². The first kappa shape index (κ1) is 17.6. The Kier molecular flexibility index (Phi) is 5.97. The van der Waals surface area contributed by atoms with Crippen molar-refractivity contribution in [1.82, 2.24) is 5.32 Å². The second-order valence-corrected chi connectivity index (χ2v) is 5.04. The number of furan rings is 1. The molecule has 2 N–H and O–H groups in total. The van der Waals surface area contributed by atoms with Crippen molar-refractivity contribution < 1.29 is 28.6 Å².